The first-order valence-corrected chi connectivity index (χ1v) is 8.73. The summed E-state index contributed by atoms with van der Waals surface area (Å²) < 4.78 is 0. The first kappa shape index (κ1) is 19.0. The van der Waals surface area contributed by atoms with E-state index in [9.17, 15) is 14.4 Å². The highest BCUT2D eigenvalue weighted by Gasteiger charge is 2.11. The van der Waals surface area contributed by atoms with Crippen molar-refractivity contribution in [3.05, 3.63) is 95.3 Å². The second-order valence-electron chi connectivity index (χ2n) is 6.18. The molecule has 3 rings (SSSR count). The summed E-state index contributed by atoms with van der Waals surface area (Å²) in [6.07, 6.45) is 1.66. The summed E-state index contributed by atoms with van der Waals surface area (Å²) in [6, 6.07) is 18.6. The van der Waals surface area contributed by atoms with Crippen molar-refractivity contribution in [2.45, 2.75) is 13.5 Å². The Labute approximate surface area is 162 Å². The number of nitrogens with zero attached hydrogens (tertiary/aromatic N) is 1. The minimum absolute atomic E-state index is 0.0809. The summed E-state index contributed by atoms with van der Waals surface area (Å²) in [6.45, 7) is 1.77. The van der Waals surface area contributed by atoms with Gasteiger partial charge in [0.15, 0.2) is 5.78 Å². The van der Waals surface area contributed by atoms with Gasteiger partial charge in [-0.05, 0) is 49.4 Å². The maximum Gasteiger partial charge on any atom is 0.255 e. The number of carbonyl (C=O) groups is 3. The van der Waals surface area contributed by atoms with Crippen LogP contribution in [0.4, 0.5) is 5.69 Å². The number of amides is 2. The molecule has 0 aliphatic rings. The van der Waals surface area contributed by atoms with Gasteiger partial charge in [-0.15, -0.1) is 0 Å². The van der Waals surface area contributed by atoms with Crippen molar-refractivity contribution in [2.24, 2.45) is 0 Å². The lowest BCUT2D eigenvalue weighted by Crippen LogP contribution is -2.23. The molecule has 0 atom stereocenters. The number of aromatic nitrogens is 1. The molecule has 0 saturated carbocycles. The van der Waals surface area contributed by atoms with E-state index in [1.54, 1.807) is 54.7 Å². The number of anilines is 1. The van der Waals surface area contributed by atoms with Gasteiger partial charge in [0.1, 0.15) is 0 Å². The third-order valence-electron chi connectivity index (χ3n) is 4.07. The number of pyridine rings is 1. The van der Waals surface area contributed by atoms with Gasteiger partial charge in [-0.1, -0.05) is 24.3 Å². The second-order valence-corrected chi connectivity index (χ2v) is 6.18. The molecule has 0 bridgehead atoms. The van der Waals surface area contributed by atoms with Crippen LogP contribution in [-0.2, 0) is 6.54 Å². The van der Waals surface area contributed by atoms with Crippen LogP contribution in [0.25, 0.3) is 0 Å². The van der Waals surface area contributed by atoms with Crippen molar-refractivity contribution in [3.63, 3.8) is 0 Å². The molecule has 1 aromatic heterocycles. The fourth-order valence-corrected chi connectivity index (χ4v) is 2.60. The van der Waals surface area contributed by atoms with Gasteiger partial charge in [-0.2, -0.15) is 0 Å². The summed E-state index contributed by atoms with van der Waals surface area (Å²) in [5, 5.41) is 5.52. The third kappa shape index (κ3) is 4.88. The molecule has 0 fully saturated rings. The lowest BCUT2D eigenvalue weighted by Gasteiger charge is -2.09. The highest BCUT2D eigenvalue weighted by molar-refractivity contribution is 6.06. The zero-order chi connectivity index (χ0) is 19.9. The maximum atomic E-state index is 12.5. The molecule has 6 heteroatoms. The predicted molar refractivity (Wildman–Crippen MR) is 106 cm³/mol. The zero-order valence-corrected chi connectivity index (χ0v) is 15.3. The SMILES string of the molecule is CC(=O)c1cccc(NC(=O)c2cccc(C(=O)NCc3ccccn3)c2)c1. The Hall–Kier alpha value is -3.80. The minimum atomic E-state index is -0.361. The number of ketones is 1. The number of hydrogen-bond acceptors (Lipinski definition) is 4. The highest BCUT2D eigenvalue weighted by atomic mass is 16.2. The van der Waals surface area contributed by atoms with E-state index >= 15 is 0 Å². The fraction of sp³-hybridized carbons (Fsp3) is 0.0909. The molecule has 0 unspecified atom stereocenters. The topological polar surface area (TPSA) is 88.2 Å². The van der Waals surface area contributed by atoms with Crippen LogP contribution in [0.3, 0.4) is 0 Å². The van der Waals surface area contributed by atoms with Gasteiger partial charge < -0.3 is 10.6 Å². The van der Waals surface area contributed by atoms with E-state index in [0.29, 0.717) is 28.9 Å². The van der Waals surface area contributed by atoms with Crippen molar-refractivity contribution < 1.29 is 14.4 Å². The summed E-state index contributed by atoms with van der Waals surface area (Å²) in [4.78, 5) is 40.5. The highest BCUT2D eigenvalue weighted by Crippen LogP contribution is 2.14. The molecule has 2 amide bonds. The van der Waals surface area contributed by atoms with E-state index < -0.39 is 0 Å². The second kappa shape index (κ2) is 8.73. The number of hydrogen-bond donors (Lipinski definition) is 2. The van der Waals surface area contributed by atoms with Gasteiger partial charge in [-0.3, -0.25) is 19.4 Å². The Bertz CT molecular complexity index is 1020. The monoisotopic (exact) mass is 373 g/mol. The van der Waals surface area contributed by atoms with Crippen molar-refractivity contribution in [1.29, 1.82) is 0 Å². The Morgan fingerprint density at radius 1 is 0.821 bits per heavy atom. The molecule has 3 aromatic rings. The van der Waals surface area contributed by atoms with Crippen LogP contribution in [0.2, 0.25) is 0 Å². The first-order valence-electron chi connectivity index (χ1n) is 8.73. The Kier molecular flexibility index (Phi) is 5.91. The fourth-order valence-electron chi connectivity index (χ4n) is 2.60. The largest absolute Gasteiger partial charge is 0.346 e. The number of rotatable bonds is 6. The molecule has 0 aliphatic carbocycles. The van der Waals surface area contributed by atoms with E-state index in [0.717, 1.165) is 5.69 Å². The molecule has 28 heavy (non-hydrogen) atoms. The van der Waals surface area contributed by atoms with Crippen molar-refractivity contribution in [3.8, 4) is 0 Å². The molecule has 0 aliphatic heterocycles. The third-order valence-corrected chi connectivity index (χ3v) is 4.07. The standard InChI is InChI=1S/C22H19N3O3/c1-15(26)16-6-5-10-19(13-16)25-22(28)18-8-4-7-17(12-18)21(27)24-14-20-9-2-3-11-23-20/h2-13H,14H2,1H3,(H,24,27)(H,25,28). The van der Waals surface area contributed by atoms with E-state index in [4.69, 9.17) is 0 Å². The van der Waals surface area contributed by atoms with Gasteiger partial charge >= 0.3 is 0 Å². The lowest BCUT2D eigenvalue weighted by atomic mass is 10.1. The molecule has 0 radical (unpaired) electrons. The van der Waals surface area contributed by atoms with E-state index in [-0.39, 0.29) is 17.6 Å². The van der Waals surface area contributed by atoms with Gasteiger partial charge in [0, 0.05) is 28.6 Å². The maximum absolute atomic E-state index is 12.5. The Morgan fingerprint density at radius 3 is 2.25 bits per heavy atom. The van der Waals surface area contributed by atoms with Gasteiger partial charge in [0.2, 0.25) is 0 Å². The summed E-state index contributed by atoms with van der Waals surface area (Å²) in [7, 11) is 0. The van der Waals surface area contributed by atoms with Gasteiger partial charge in [-0.25, -0.2) is 0 Å². The quantitative estimate of drug-likeness (QED) is 0.648. The van der Waals surface area contributed by atoms with Crippen molar-refractivity contribution in [2.75, 3.05) is 5.32 Å². The van der Waals surface area contributed by atoms with Crippen LogP contribution in [0.1, 0.15) is 43.7 Å². The average molecular weight is 373 g/mol. The van der Waals surface area contributed by atoms with E-state index in [2.05, 4.69) is 15.6 Å². The van der Waals surface area contributed by atoms with E-state index in [1.807, 2.05) is 12.1 Å². The van der Waals surface area contributed by atoms with Crippen molar-refractivity contribution >= 4 is 23.3 Å². The van der Waals surface area contributed by atoms with Crippen LogP contribution < -0.4 is 10.6 Å². The zero-order valence-electron chi connectivity index (χ0n) is 15.3. The number of Topliss-reactive ketones (excluding diaryl/α,β-unsaturated/α-hetero) is 1. The van der Waals surface area contributed by atoms with Crippen molar-refractivity contribution in [1.82, 2.24) is 10.3 Å². The molecule has 0 saturated heterocycles. The molecular weight excluding hydrogens is 354 g/mol. The molecule has 2 N–H and O–H groups in total. The van der Waals surface area contributed by atoms with Crippen LogP contribution in [0, 0.1) is 0 Å². The molecule has 0 spiro atoms. The van der Waals surface area contributed by atoms with Crippen LogP contribution >= 0.6 is 0 Å². The molecule has 6 nitrogen and oxygen atoms in total. The summed E-state index contributed by atoms with van der Waals surface area (Å²) in [5.74, 6) is -0.735. The van der Waals surface area contributed by atoms with Gasteiger partial charge in [0.05, 0.1) is 12.2 Å². The Morgan fingerprint density at radius 2 is 1.54 bits per heavy atom. The number of nitrogens with one attached hydrogen (secondary N) is 2. The van der Waals surface area contributed by atoms with Crippen LogP contribution in [0.5, 0.6) is 0 Å². The van der Waals surface area contributed by atoms with Crippen LogP contribution in [-0.4, -0.2) is 22.6 Å². The minimum Gasteiger partial charge on any atom is -0.346 e. The smallest absolute Gasteiger partial charge is 0.255 e. The number of benzene rings is 2. The molecular formula is C22H19N3O3. The first-order chi connectivity index (χ1) is 13.5. The molecule has 140 valence electrons. The average Bonchev–Trinajstić information content (AvgIpc) is 2.73. The summed E-state index contributed by atoms with van der Waals surface area (Å²) in [5.41, 5.74) is 2.50. The number of carbonyl (C=O) groups excluding carboxylic acids is 3. The normalized spacial score (nSPS) is 10.2. The molecule has 2 aromatic carbocycles. The van der Waals surface area contributed by atoms with Crippen LogP contribution in [0.15, 0.2) is 72.9 Å². The lowest BCUT2D eigenvalue weighted by molar-refractivity contribution is 0.0949. The van der Waals surface area contributed by atoms with E-state index in [1.165, 1.54) is 13.0 Å². The summed E-state index contributed by atoms with van der Waals surface area (Å²) >= 11 is 0. The Balaban J connectivity index is 1.68. The predicted octanol–water partition coefficient (Wildman–Crippen LogP) is 3.47. The molecule has 1 heterocycles. The van der Waals surface area contributed by atoms with Gasteiger partial charge in [0.25, 0.3) is 11.8 Å².